The molecular weight excluding hydrogens is 655 g/mol. The molecule has 4 atom stereocenters. The van der Waals surface area contributed by atoms with Crippen molar-refractivity contribution in [1.82, 2.24) is 9.47 Å². The summed E-state index contributed by atoms with van der Waals surface area (Å²) >= 11 is 5.73. The highest BCUT2D eigenvalue weighted by Crippen LogP contribution is 2.48. The van der Waals surface area contributed by atoms with Crippen molar-refractivity contribution in [3.05, 3.63) is 28.7 Å². The van der Waals surface area contributed by atoms with Crippen LogP contribution in [-0.4, -0.2) is 95.6 Å². The highest BCUT2D eigenvalue weighted by Gasteiger charge is 2.62. The Morgan fingerprint density at radius 1 is 1.02 bits per heavy atom. The van der Waals surface area contributed by atoms with Gasteiger partial charge in [-0.3, -0.25) is 14.2 Å². The molecule has 3 saturated heterocycles. The second-order valence-electron chi connectivity index (χ2n) is 13.5. The molecule has 254 valence electrons. The van der Waals surface area contributed by atoms with Crippen LogP contribution in [0.1, 0.15) is 68.5 Å². The summed E-state index contributed by atoms with van der Waals surface area (Å²) in [5.74, 6) is -0.345. The fourth-order valence-electron chi connectivity index (χ4n) is 6.54. The SMILES string of the molecule is CC(=O)Nc1ccn([C@@H]2O[C@@H]3CO[Si](C(C)C)(C(C)C)O[Si](C(C)C)(C(C)C)OC3[C@@H]2OC(=S)N2CCS(=O)(=O)CC2)c(=O)c1. The number of thiocarbonyl (C=S) groups is 1. The summed E-state index contributed by atoms with van der Waals surface area (Å²) in [5.41, 5.74) is 0.312. The Morgan fingerprint density at radius 2 is 1.60 bits per heavy atom. The van der Waals surface area contributed by atoms with E-state index in [1.165, 1.54) is 17.6 Å². The number of hydrogen-bond donors (Lipinski definition) is 1. The Balaban J connectivity index is 1.80. The van der Waals surface area contributed by atoms with Gasteiger partial charge in [-0.25, -0.2) is 8.42 Å². The minimum Gasteiger partial charge on any atom is -0.460 e. The van der Waals surface area contributed by atoms with Gasteiger partial charge in [-0.15, -0.1) is 0 Å². The Kier molecular flexibility index (Phi) is 11.1. The van der Waals surface area contributed by atoms with E-state index in [0.717, 1.165) is 0 Å². The Morgan fingerprint density at radius 3 is 2.11 bits per heavy atom. The van der Waals surface area contributed by atoms with Gasteiger partial charge in [0.1, 0.15) is 12.2 Å². The lowest BCUT2D eigenvalue weighted by atomic mass is 10.1. The number of nitrogens with zero attached hydrogens (tertiary/aromatic N) is 2. The summed E-state index contributed by atoms with van der Waals surface area (Å²) in [5, 5.41) is 2.76. The summed E-state index contributed by atoms with van der Waals surface area (Å²) in [7, 11) is -9.08. The van der Waals surface area contributed by atoms with Crippen LogP contribution in [0.5, 0.6) is 0 Å². The number of rotatable bonds is 7. The lowest BCUT2D eigenvalue weighted by Crippen LogP contribution is -2.66. The largest absolute Gasteiger partial charge is 0.460 e. The number of fused-ring (bicyclic) bond motifs is 1. The highest BCUT2D eigenvalue weighted by molar-refractivity contribution is 7.91. The van der Waals surface area contributed by atoms with E-state index in [4.69, 9.17) is 34.7 Å². The zero-order valence-corrected chi connectivity index (χ0v) is 31.4. The predicted molar refractivity (Wildman–Crippen MR) is 180 cm³/mol. The number of carbonyl (C=O) groups is 1. The molecule has 45 heavy (non-hydrogen) atoms. The van der Waals surface area contributed by atoms with Gasteiger partial charge in [0, 0.05) is 38.0 Å². The normalized spacial score (nSPS) is 27.7. The predicted octanol–water partition coefficient (Wildman–Crippen LogP) is 4.06. The molecule has 0 saturated carbocycles. The number of ether oxygens (including phenoxy) is 2. The molecular formula is C29H49N3O9S2Si2. The van der Waals surface area contributed by atoms with Crippen molar-refractivity contribution >= 4 is 55.9 Å². The summed E-state index contributed by atoms with van der Waals surface area (Å²) in [6, 6.07) is 2.95. The number of pyridine rings is 1. The van der Waals surface area contributed by atoms with Crippen LogP contribution in [0, 0.1) is 0 Å². The molecule has 16 heteroatoms. The molecule has 0 aliphatic carbocycles. The quantitative estimate of drug-likeness (QED) is 0.326. The fraction of sp³-hybridized carbons (Fsp3) is 0.759. The van der Waals surface area contributed by atoms with E-state index < -0.39 is 57.1 Å². The molecule has 3 fully saturated rings. The maximum Gasteiger partial charge on any atom is 0.335 e. The summed E-state index contributed by atoms with van der Waals surface area (Å²) in [4.78, 5) is 26.8. The first-order valence-electron chi connectivity index (χ1n) is 15.8. The topological polar surface area (TPSA) is 135 Å². The van der Waals surface area contributed by atoms with Crippen molar-refractivity contribution in [3.63, 3.8) is 0 Å². The number of nitrogens with one attached hydrogen (secondary N) is 1. The highest BCUT2D eigenvalue weighted by atomic mass is 32.2. The van der Waals surface area contributed by atoms with E-state index in [-0.39, 0.29) is 64.4 Å². The lowest BCUT2D eigenvalue weighted by molar-refractivity contribution is -0.114. The van der Waals surface area contributed by atoms with Crippen LogP contribution in [0.4, 0.5) is 5.69 Å². The van der Waals surface area contributed by atoms with E-state index in [1.807, 2.05) is 0 Å². The van der Waals surface area contributed by atoms with Crippen LogP contribution in [0.25, 0.3) is 0 Å². The first kappa shape index (κ1) is 36.2. The van der Waals surface area contributed by atoms with Gasteiger partial charge in [0.2, 0.25) is 5.91 Å². The monoisotopic (exact) mass is 703 g/mol. The van der Waals surface area contributed by atoms with Gasteiger partial charge in [-0.1, -0.05) is 55.4 Å². The standard InChI is InChI=1S/C29H49N3O9S2Si2/c1-18(2)44(19(3)4)37-17-24-26(40-45(41-44,20(5)6)21(7)8)27(39-29(42)31-12-14-43(35,36)15-13-31)28(38-24)32-11-10-23(16-25(32)34)30-22(9)33/h10-11,16,18-21,24,26-28H,12-15,17H2,1-9H3,(H,30,33)/t24-,26?,27+,28-/m1/s1. The third-order valence-corrected chi connectivity index (χ3v) is 21.2. The number of anilines is 1. The van der Waals surface area contributed by atoms with Crippen LogP contribution in [0.15, 0.2) is 23.1 Å². The fourth-order valence-corrected chi connectivity index (χ4v) is 19.2. The molecule has 3 aliphatic heterocycles. The van der Waals surface area contributed by atoms with Crippen molar-refractivity contribution in [1.29, 1.82) is 0 Å². The van der Waals surface area contributed by atoms with Gasteiger partial charge in [0.05, 0.1) is 18.1 Å². The molecule has 1 aromatic rings. The maximum atomic E-state index is 13.5. The molecule has 12 nitrogen and oxygen atoms in total. The zero-order chi connectivity index (χ0) is 33.5. The smallest absolute Gasteiger partial charge is 0.335 e. The van der Waals surface area contributed by atoms with Crippen LogP contribution in [-0.2, 0) is 37.1 Å². The van der Waals surface area contributed by atoms with Crippen LogP contribution >= 0.6 is 12.2 Å². The molecule has 0 aromatic carbocycles. The molecule has 1 amide bonds. The molecule has 0 radical (unpaired) electrons. The van der Waals surface area contributed by atoms with E-state index in [2.05, 4.69) is 60.7 Å². The van der Waals surface area contributed by atoms with Gasteiger partial charge in [-0.05, 0) is 40.4 Å². The molecule has 0 bridgehead atoms. The first-order valence-corrected chi connectivity index (χ1v) is 21.9. The molecule has 1 N–H and O–H groups in total. The van der Waals surface area contributed by atoms with Gasteiger partial charge < -0.3 is 32.7 Å². The van der Waals surface area contributed by atoms with Crippen molar-refractivity contribution in [2.24, 2.45) is 0 Å². The summed E-state index contributed by atoms with van der Waals surface area (Å²) < 4.78 is 60.2. The van der Waals surface area contributed by atoms with Crippen molar-refractivity contribution in [3.8, 4) is 0 Å². The van der Waals surface area contributed by atoms with Crippen molar-refractivity contribution in [2.75, 3.05) is 36.5 Å². The molecule has 4 rings (SSSR count). The van der Waals surface area contributed by atoms with E-state index >= 15 is 0 Å². The number of carbonyl (C=O) groups excluding carboxylic acids is 1. The van der Waals surface area contributed by atoms with Crippen LogP contribution < -0.4 is 10.9 Å². The average molecular weight is 704 g/mol. The Labute approximate surface area is 274 Å². The van der Waals surface area contributed by atoms with E-state index in [1.54, 1.807) is 17.2 Å². The number of sulfone groups is 1. The second kappa shape index (κ2) is 13.8. The van der Waals surface area contributed by atoms with Gasteiger partial charge in [0.15, 0.2) is 22.2 Å². The maximum absolute atomic E-state index is 13.5. The first-order chi connectivity index (χ1) is 20.9. The minimum atomic E-state index is -3.14. The third kappa shape index (κ3) is 7.42. The van der Waals surface area contributed by atoms with Crippen LogP contribution in [0.3, 0.4) is 0 Å². The third-order valence-electron chi connectivity index (χ3n) is 9.00. The lowest BCUT2D eigenvalue weighted by Gasteiger charge is -2.51. The van der Waals surface area contributed by atoms with Gasteiger partial charge in [0.25, 0.3) is 10.7 Å². The zero-order valence-electron chi connectivity index (χ0n) is 27.8. The average Bonchev–Trinajstić information content (AvgIpc) is 3.23. The number of amides is 1. The summed E-state index contributed by atoms with van der Waals surface area (Å²) in [6.45, 7) is 19.0. The minimum absolute atomic E-state index is 0.0246. The molecule has 0 spiro atoms. The molecule has 1 unspecified atom stereocenters. The van der Waals surface area contributed by atoms with Crippen molar-refractivity contribution < 1.29 is 35.7 Å². The second-order valence-corrected chi connectivity index (χ2v) is 24.9. The Hall–Kier alpha value is -1.67. The van der Waals surface area contributed by atoms with E-state index in [0.29, 0.717) is 5.69 Å². The van der Waals surface area contributed by atoms with Gasteiger partial charge in [-0.2, -0.15) is 0 Å². The number of aromatic nitrogens is 1. The summed E-state index contributed by atoms with van der Waals surface area (Å²) in [6.07, 6.45) is -1.59. The number of hydrogen-bond acceptors (Lipinski definition) is 10. The van der Waals surface area contributed by atoms with Crippen molar-refractivity contribution in [2.45, 2.75) is 109 Å². The Bertz CT molecular complexity index is 1390. The van der Waals surface area contributed by atoms with Crippen LogP contribution in [0.2, 0.25) is 22.2 Å². The molecule has 1 aromatic heterocycles. The van der Waals surface area contributed by atoms with Gasteiger partial charge >= 0.3 is 17.1 Å². The molecule has 4 heterocycles. The van der Waals surface area contributed by atoms with E-state index in [9.17, 15) is 18.0 Å². The molecule has 3 aliphatic rings.